The van der Waals surface area contributed by atoms with Crippen LogP contribution in [0.5, 0.6) is 5.75 Å². The fourth-order valence-electron chi connectivity index (χ4n) is 1.27. The molecule has 1 aromatic rings. The average molecular weight is 248 g/mol. The first kappa shape index (κ1) is 13.8. The Labute approximate surface area is 105 Å². The van der Waals surface area contributed by atoms with E-state index in [1.165, 1.54) is 6.92 Å². The lowest BCUT2D eigenvalue weighted by atomic mass is 10.2. The number of carboxylic acid groups (broad SMARTS) is 1. The molecule has 1 N–H and O–H groups in total. The van der Waals surface area contributed by atoms with E-state index >= 15 is 0 Å². The van der Waals surface area contributed by atoms with E-state index in [0.29, 0.717) is 18.0 Å². The summed E-state index contributed by atoms with van der Waals surface area (Å²) in [5.74, 6) is -1.17. The van der Waals surface area contributed by atoms with Gasteiger partial charge in [0, 0.05) is 11.3 Å². The highest BCUT2D eigenvalue weighted by molar-refractivity contribution is 6.06. The zero-order valence-corrected chi connectivity index (χ0v) is 10.2. The summed E-state index contributed by atoms with van der Waals surface area (Å²) < 4.78 is 5.26. The zero-order valence-electron chi connectivity index (χ0n) is 10.2. The standard InChI is InChI=1S/C13H15NO4/c1-3-18-11-6-4-10(5-7-11)14-13(17)9(2)8-12(15)16/h4-8H,3H2,1-2H3,(H,14,17)(H,15,16)/p-1. The summed E-state index contributed by atoms with van der Waals surface area (Å²) in [6, 6.07) is 6.79. The number of carbonyl (C=O) groups excluding carboxylic acids is 2. The molecular weight excluding hydrogens is 234 g/mol. The van der Waals surface area contributed by atoms with Crippen molar-refractivity contribution in [3.05, 3.63) is 35.9 Å². The average Bonchev–Trinajstić information content (AvgIpc) is 2.31. The van der Waals surface area contributed by atoms with Gasteiger partial charge < -0.3 is 20.0 Å². The molecule has 18 heavy (non-hydrogen) atoms. The molecule has 0 radical (unpaired) electrons. The molecule has 0 saturated carbocycles. The quantitative estimate of drug-likeness (QED) is 0.779. The first-order chi connectivity index (χ1) is 8.52. The van der Waals surface area contributed by atoms with Crippen LogP contribution < -0.4 is 15.2 Å². The van der Waals surface area contributed by atoms with Crippen molar-refractivity contribution >= 4 is 17.6 Å². The zero-order chi connectivity index (χ0) is 13.5. The minimum atomic E-state index is -1.39. The van der Waals surface area contributed by atoms with Crippen LogP contribution in [0.15, 0.2) is 35.9 Å². The first-order valence-corrected chi connectivity index (χ1v) is 5.46. The van der Waals surface area contributed by atoms with Crippen molar-refractivity contribution in [2.24, 2.45) is 0 Å². The van der Waals surface area contributed by atoms with Crippen molar-refractivity contribution in [1.82, 2.24) is 0 Å². The predicted molar refractivity (Wildman–Crippen MR) is 65.0 cm³/mol. The van der Waals surface area contributed by atoms with Crippen molar-refractivity contribution in [2.75, 3.05) is 11.9 Å². The number of amides is 1. The summed E-state index contributed by atoms with van der Waals surface area (Å²) in [4.78, 5) is 21.9. The molecule has 0 aliphatic rings. The smallest absolute Gasteiger partial charge is 0.251 e. The van der Waals surface area contributed by atoms with Gasteiger partial charge in [-0.15, -0.1) is 0 Å². The van der Waals surface area contributed by atoms with Crippen molar-refractivity contribution in [1.29, 1.82) is 0 Å². The molecule has 0 aliphatic carbocycles. The number of hydrogen-bond acceptors (Lipinski definition) is 4. The predicted octanol–water partition coefficient (Wildman–Crippen LogP) is 0.720. The van der Waals surface area contributed by atoms with Crippen LogP contribution in [0.1, 0.15) is 13.8 Å². The maximum atomic E-state index is 11.6. The van der Waals surface area contributed by atoms with Crippen molar-refractivity contribution in [3.8, 4) is 5.75 Å². The number of anilines is 1. The van der Waals surface area contributed by atoms with Crippen molar-refractivity contribution in [2.45, 2.75) is 13.8 Å². The Bertz CT molecular complexity index is 462. The van der Waals surface area contributed by atoms with E-state index in [-0.39, 0.29) is 5.57 Å². The monoisotopic (exact) mass is 248 g/mol. The second-order valence-corrected chi connectivity index (χ2v) is 3.56. The number of carboxylic acids is 1. The van der Waals surface area contributed by atoms with E-state index in [9.17, 15) is 14.7 Å². The highest BCUT2D eigenvalue weighted by Crippen LogP contribution is 2.16. The van der Waals surface area contributed by atoms with E-state index in [1.807, 2.05) is 6.92 Å². The van der Waals surface area contributed by atoms with E-state index in [4.69, 9.17) is 4.74 Å². The van der Waals surface area contributed by atoms with Crippen molar-refractivity contribution in [3.63, 3.8) is 0 Å². The van der Waals surface area contributed by atoms with E-state index in [2.05, 4.69) is 5.32 Å². The third kappa shape index (κ3) is 4.29. The van der Waals surface area contributed by atoms with Crippen LogP contribution >= 0.6 is 0 Å². The lowest BCUT2D eigenvalue weighted by Gasteiger charge is -2.07. The molecule has 0 atom stereocenters. The molecule has 0 bridgehead atoms. The molecule has 1 amide bonds. The molecule has 96 valence electrons. The highest BCUT2D eigenvalue weighted by atomic mass is 16.5. The fourth-order valence-corrected chi connectivity index (χ4v) is 1.27. The minimum absolute atomic E-state index is 0.0730. The van der Waals surface area contributed by atoms with Gasteiger partial charge in [-0.05, 0) is 44.2 Å². The summed E-state index contributed by atoms with van der Waals surface area (Å²) in [6.07, 6.45) is 0.754. The molecule has 0 saturated heterocycles. The second kappa shape index (κ2) is 6.44. The number of ether oxygens (including phenoxy) is 1. The lowest BCUT2D eigenvalue weighted by Crippen LogP contribution is -2.22. The Morgan fingerprint density at radius 2 is 1.94 bits per heavy atom. The summed E-state index contributed by atoms with van der Waals surface area (Å²) in [6.45, 7) is 3.85. The van der Waals surface area contributed by atoms with Crippen LogP contribution in [-0.2, 0) is 9.59 Å². The molecular formula is C13H14NO4-. The van der Waals surface area contributed by atoms with Crippen LogP contribution in [0.3, 0.4) is 0 Å². The minimum Gasteiger partial charge on any atom is -0.545 e. The van der Waals surface area contributed by atoms with Gasteiger partial charge in [-0.25, -0.2) is 0 Å². The van der Waals surface area contributed by atoms with E-state index in [1.54, 1.807) is 24.3 Å². The Balaban J connectivity index is 2.67. The molecule has 0 spiro atoms. The maximum Gasteiger partial charge on any atom is 0.251 e. The number of carbonyl (C=O) groups is 2. The number of nitrogens with one attached hydrogen (secondary N) is 1. The van der Waals surface area contributed by atoms with Crippen molar-refractivity contribution < 1.29 is 19.4 Å². The topological polar surface area (TPSA) is 78.5 Å². The van der Waals surface area contributed by atoms with Crippen LogP contribution in [0.25, 0.3) is 0 Å². The van der Waals surface area contributed by atoms with Crippen LogP contribution in [-0.4, -0.2) is 18.5 Å². The Hall–Kier alpha value is -2.30. The van der Waals surface area contributed by atoms with Gasteiger partial charge >= 0.3 is 0 Å². The molecule has 0 unspecified atom stereocenters. The first-order valence-electron chi connectivity index (χ1n) is 5.46. The number of rotatable bonds is 5. The molecule has 5 nitrogen and oxygen atoms in total. The summed E-state index contributed by atoms with van der Waals surface area (Å²) >= 11 is 0. The van der Waals surface area contributed by atoms with Gasteiger partial charge in [0.15, 0.2) is 0 Å². The summed E-state index contributed by atoms with van der Waals surface area (Å²) in [5, 5.41) is 12.9. The number of aliphatic carboxylic acids is 1. The largest absolute Gasteiger partial charge is 0.545 e. The van der Waals surface area contributed by atoms with Gasteiger partial charge in [-0.2, -0.15) is 0 Å². The summed E-state index contributed by atoms with van der Waals surface area (Å²) in [7, 11) is 0. The van der Waals surface area contributed by atoms with E-state index < -0.39 is 11.9 Å². The summed E-state index contributed by atoms with van der Waals surface area (Å²) in [5.41, 5.74) is 0.637. The van der Waals surface area contributed by atoms with Crippen LogP contribution in [0.4, 0.5) is 5.69 Å². The SMILES string of the molecule is CCOc1ccc(NC(=O)C(C)=CC(=O)[O-])cc1. The Morgan fingerprint density at radius 3 is 2.44 bits per heavy atom. The maximum absolute atomic E-state index is 11.6. The lowest BCUT2D eigenvalue weighted by molar-refractivity contribution is -0.297. The van der Waals surface area contributed by atoms with Gasteiger partial charge in [-0.3, -0.25) is 4.79 Å². The number of hydrogen-bond donors (Lipinski definition) is 1. The van der Waals surface area contributed by atoms with Crippen LogP contribution in [0, 0.1) is 0 Å². The fraction of sp³-hybridized carbons (Fsp3) is 0.231. The second-order valence-electron chi connectivity index (χ2n) is 3.56. The molecule has 1 aromatic carbocycles. The van der Waals surface area contributed by atoms with Gasteiger partial charge in [-0.1, -0.05) is 0 Å². The van der Waals surface area contributed by atoms with Gasteiger partial charge in [0.05, 0.1) is 12.6 Å². The van der Waals surface area contributed by atoms with Gasteiger partial charge in [0.25, 0.3) is 5.91 Å². The molecule has 0 aliphatic heterocycles. The van der Waals surface area contributed by atoms with Crippen LogP contribution in [0.2, 0.25) is 0 Å². The molecule has 5 heteroatoms. The van der Waals surface area contributed by atoms with E-state index in [0.717, 1.165) is 6.08 Å². The normalized spacial score (nSPS) is 10.9. The number of benzene rings is 1. The third-order valence-corrected chi connectivity index (χ3v) is 2.12. The van der Waals surface area contributed by atoms with Gasteiger partial charge in [0.2, 0.25) is 0 Å². The Kier molecular flexibility index (Phi) is 4.92. The Morgan fingerprint density at radius 1 is 1.33 bits per heavy atom. The molecule has 0 aromatic heterocycles. The third-order valence-electron chi connectivity index (χ3n) is 2.12. The molecule has 0 fully saturated rings. The molecule has 1 rings (SSSR count). The van der Waals surface area contributed by atoms with Gasteiger partial charge in [0.1, 0.15) is 5.75 Å². The molecule has 0 heterocycles. The highest BCUT2D eigenvalue weighted by Gasteiger charge is 2.04.